The lowest BCUT2D eigenvalue weighted by Crippen LogP contribution is -2.19. The third-order valence-electron chi connectivity index (χ3n) is 3.38. The zero-order valence-electron chi connectivity index (χ0n) is 12.3. The van der Waals surface area contributed by atoms with Crippen molar-refractivity contribution < 1.29 is 9.21 Å². The second-order valence-electron chi connectivity index (χ2n) is 4.98. The predicted molar refractivity (Wildman–Crippen MR) is 85.0 cm³/mol. The van der Waals surface area contributed by atoms with Gasteiger partial charge >= 0.3 is 0 Å². The maximum Gasteiger partial charge on any atom is 0.273 e. The van der Waals surface area contributed by atoms with E-state index in [1.54, 1.807) is 18.4 Å². The van der Waals surface area contributed by atoms with Gasteiger partial charge in [-0.25, -0.2) is 5.43 Å². The van der Waals surface area contributed by atoms with E-state index < -0.39 is 0 Å². The maximum absolute atomic E-state index is 12.2. The molecule has 110 valence electrons. The number of para-hydroxylation sites is 1. The number of hydrogen-bond donors (Lipinski definition) is 1. The number of amides is 1. The Kier molecular flexibility index (Phi) is 3.70. The molecule has 22 heavy (non-hydrogen) atoms. The van der Waals surface area contributed by atoms with Gasteiger partial charge in [-0.1, -0.05) is 18.2 Å². The van der Waals surface area contributed by atoms with Crippen molar-refractivity contribution in [3.8, 4) is 0 Å². The van der Waals surface area contributed by atoms with Crippen LogP contribution in [0.3, 0.4) is 0 Å². The predicted octanol–water partition coefficient (Wildman–Crippen LogP) is 3.21. The van der Waals surface area contributed by atoms with E-state index in [-0.39, 0.29) is 5.91 Å². The van der Waals surface area contributed by atoms with Crippen LogP contribution >= 0.6 is 0 Å². The van der Waals surface area contributed by atoms with E-state index in [2.05, 4.69) is 15.5 Å². The molecule has 1 N–H and O–H groups in total. The molecule has 2 heterocycles. The molecule has 5 heteroatoms. The first-order valence-corrected chi connectivity index (χ1v) is 6.89. The molecule has 0 bridgehead atoms. The van der Waals surface area contributed by atoms with Gasteiger partial charge in [-0.2, -0.15) is 5.10 Å². The van der Waals surface area contributed by atoms with Gasteiger partial charge in [-0.05, 0) is 37.6 Å². The molecule has 0 unspecified atom stereocenters. The Labute approximate surface area is 127 Å². The van der Waals surface area contributed by atoms with Crippen molar-refractivity contribution in [2.75, 3.05) is 0 Å². The maximum atomic E-state index is 12.2. The number of carbonyl (C=O) groups is 1. The smallest absolute Gasteiger partial charge is 0.273 e. The summed E-state index contributed by atoms with van der Waals surface area (Å²) >= 11 is 0. The van der Waals surface area contributed by atoms with Crippen LogP contribution in [-0.2, 0) is 0 Å². The molecule has 0 saturated carbocycles. The van der Waals surface area contributed by atoms with Gasteiger partial charge in [-0.3, -0.25) is 9.78 Å². The van der Waals surface area contributed by atoms with Gasteiger partial charge in [0.25, 0.3) is 5.91 Å². The number of carbonyl (C=O) groups excluding carboxylic acids is 1. The lowest BCUT2D eigenvalue weighted by Gasteiger charge is -2.07. The fourth-order valence-electron chi connectivity index (χ4n) is 2.25. The molecule has 3 aromatic rings. The highest BCUT2D eigenvalue weighted by atomic mass is 16.3. The number of aryl methyl sites for hydroxylation is 2. The Hall–Kier alpha value is -2.95. The molecule has 1 aromatic carbocycles. The lowest BCUT2D eigenvalue weighted by atomic mass is 10.1. The van der Waals surface area contributed by atoms with Crippen LogP contribution in [0.4, 0.5) is 0 Å². The van der Waals surface area contributed by atoms with Gasteiger partial charge in [0, 0.05) is 5.39 Å². The van der Waals surface area contributed by atoms with Gasteiger partial charge in [0.15, 0.2) is 0 Å². The second kappa shape index (κ2) is 5.81. The quantitative estimate of drug-likeness (QED) is 0.595. The minimum Gasteiger partial charge on any atom is -0.463 e. The van der Waals surface area contributed by atoms with Crippen LogP contribution in [0.2, 0.25) is 0 Å². The Morgan fingerprint density at radius 3 is 2.91 bits per heavy atom. The Morgan fingerprint density at radius 2 is 2.14 bits per heavy atom. The van der Waals surface area contributed by atoms with Crippen molar-refractivity contribution in [3.63, 3.8) is 0 Å². The van der Waals surface area contributed by atoms with Crippen LogP contribution < -0.4 is 5.43 Å². The largest absolute Gasteiger partial charge is 0.463 e. The van der Waals surface area contributed by atoms with Crippen LogP contribution in [-0.4, -0.2) is 17.1 Å². The molecule has 0 aliphatic rings. The summed E-state index contributed by atoms with van der Waals surface area (Å²) in [6.45, 7) is 3.82. The SMILES string of the molecule is Cc1nc2c(C)cccc2cc1C(=O)N/N=C/c1ccco1. The molecule has 0 fully saturated rings. The first kappa shape index (κ1) is 14.0. The number of pyridine rings is 1. The molecule has 0 atom stereocenters. The molecule has 2 aromatic heterocycles. The number of hydrogen-bond acceptors (Lipinski definition) is 4. The second-order valence-corrected chi connectivity index (χ2v) is 4.98. The number of hydrazone groups is 1. The van der Waals surface area contributed by atoms with Crippen LogP contribution in [0.1, 0.15) is 27.4 Å². The van der Waals surface area contributed by atoms with Gasteiger partial charge in [0.1, 0.15) is 5.76 Å². The van der Waals surface area contributed by atoms with E-state index in [0.29, 0.717) is 17.0 Å². The van der Waals surface area contributed by atoms with Gasteiger partial charge < -0.3 is 4.42 Å². The van der Waals surface area contributed by atoms with Crippen LogP contribution in [0.25, 0.3) is 10.9 Å². The van der Waals surface area contributed by atoms with E-state index in [1.165, 1.54) is 6.21 Å². The number of rotatable bonds is 3. The Morgan fingerprint density at radius 1 is 1.27 bits per heavy atom. The number of fused-ring (bicyclic) bond motifs is 1. The zero-order valence-corrected chi connectivity index (χ0v) is 12.3. The van der Waals surface area contributed by atoms with Crippen molar-refractivity contribution in [3.05, 3.63) is 65.2 Å². The van der Waals surface area contributed by atoms with Crippen molar-refractivity contribution in [2.24, 2.45) is 5.10 Å². The molecular formula is C17H15N3O2. The van der Waals surface area contributed by atoms with E-state index in [1.807, 2.05) is 38.1 Å². The number of furan rings is 1. The average Bonchev–Trinajstić information content (AvgIpc) is 3.01. The summed E-state index contributed by atoms with van der Waals surface area (Å²) in [6.07, 6.45) is 2.99. The fourth-order valence-corrected chi connectivity index (χ4v) is 2.25. The Balaban J connectivity index is 1.86. The minimum absolute atomic E-state index is 0.295. The van der Waals surface area contributed by atoms with Crippen LogP contribution in [0, 0.1) is 13.8 Å². The number of nitrogens with one attached hydrogen (secondary N) is 1. The molecule has 0 saturated heterocycles. The molecule has 0 aliphatic carbocycles. The van der Waals surface area contributed by atoms with Gasteiger partial charge in [0.2, 0.25) is 0 Å². The van der Waals surface area contributed by atoms with Crippen molar-refractivity contribution in [2.45, 2.75) is 13.8 Å². The summed E-state index contributed by atoms with van der Waals surface area (Å²) in [7, 11) is 0. The standard InChI is InChI=1S/C17H15N3O2/c1-11-5-3-6-13-9-15(12(2)19-16(11)13)17(21)20-18-10-14-7-4-8-22-14/h3-10H,1-2H3,(H,20,21)/b18-10+. The monoisotopic (exact) mass is 293 g/mol. The van der Waals surface area contributed by atoms with Crippen LogP contribution in [0.15, 0.2) is 52.2 Å². The topological polar surface area (TPSA) is 67.5 Å². The Bertz CT molecular complexity index is 852. The van der Waals surface area contributed by atoms with E-state index in [9.17, 15) is 4.79 Å². The molecular weight excluding hydrogens is 278 g/mol. The first-order valence-electron chi connectivity index (χ1n) is 6.89. The summed E-state index contributed by atoms with van der Waals surface area (Å²) in [6, 6.07) is 11.2. The number of aromatic nitrogens is 1. The van der Waals surface area contributed by atoms with Crippen molar-refractivity contribution in [1.29, 1.82) is 0 Å². The molecule has 1 amide bonds. The summed E-state index contributed by atoms with van der Waals surface area (Å²) in [5, 5.41) is 4.82. The minimum atomic E-state index is -0.295. The summed E-state index contributed by atoms with van der Waals surface area (Å²) < 4.78 is 5.10. The van der Waals surface area contributed by atoms with Crippen molar-refractivity contribution >= 4 is 23.0 Å². The normalized spacial score (nSPS) is 11.2. The molecule has 3 rings (SSSR count). The number of nitrogens with zero attached hydrogens (tertiary/aromatic N) is 2. The van der Waals surface area contributed by atoms with Crippen molar-refractivity contribution in [1.82, 2.24) is 10.4 Å². The lowest BCUT2D eigenvalue weighted by molar-refractivity contribution is 0.0954. The molecule has 0 radical (unpaired) electrons. The highest BCUT2D eigenvalue weighted by molar-refractivity contribution is 5.99. The van der Waals surface area contributed by atoms with Gasteiger partial charge in [-0.15, -0.1) is 0 Å². The highest BCUT2D eigenvalue weighted by Crippen LogP contribution is 2.19. The molecule has 0 aliphatic heterocycles. The van der Waals surface area contributed by atoms with E-state index >= 15 is 0 Å². The first-order chi connectivity index (χ1) is 10.6. The third-order valence-corrected chi connectivity index (χ3v) is 3.38. The summed E-state index contributed by atoms with van der Waals surface area (Å²) in [5.74, 6) is 0.278. The third kappa shape index (κ3) is 2.74. The number of benzene rings is 1. The van der Waals surface area contributed by atoms with Crippen LogP contribution in [0.5, 0.6) is 0 Å². The van der Waals surface area contributed by atoms with Gasteiger partial charge in [0.05, 0.1) is 29.3 Å². The van der Waals surface area contributed by atoms with E-state index in [0.717, 1.165) is 16.5 Å². The molecule has 0 spiro atoms. The summed E-state index contributed by atoms with van der Waals surface area (Å²) in [5.41, 5.74) is 5.67. The fraction of sp³-hybridized carbons (Fsp3) is 0.118. The summed E-state index contributed by atoms with van der Waals surface area (Å²) in [4.78, 5) is 16.8. The average molecular weight is 293 g/mol. The highest BCUT2D eigenvalue weighted by Gasteiger charge is 2.11. The molecule has 5 nitrogen and oxygen atoms in total. The zero-order chi connectivity index (χ0) is 15.5. The van der Waals surface area contributed by atoms with E-state index in [4.69, 9.17) is 4.42 Å².